The number of aromatic nitrogens is 1. The summed E-state index contributed by atoms with van der Waals surface area (Å²) >= 11 is 7.49. The van der Waals surface area contributed by atoms with Gasteiger partial charge in [0.1, 0.15) is 28.4 Å². The summed E-state index contributed by atoms with van der Waals surface area (Å²) in [7, 11) is -4.21. The van der Waals surface area contributed by atoms with Crippen LogP contribution >= 0.6 is 22.9 Å². The number of rotatable bonds is 7. The molecule has 0 amide bonds. The van der Waals surface area contributed by atoms with E-state index in [4.69, 9.17) is 16.3 Å². The van der Waals surface area contributed by atoms with Gasteiger partial charge in [0.05, 0.1) is 10.5 Å². The van der Waals surface area contributed by atoms with E-state index >= 15 is 0 Å². The fourth-order valence-electron chi connectivity index (χ4n) is 3.91. The second-order valence-electron chi connectivity index (χ2n) is 7.72. The first-order valence-electron chi connectivity index (χ1n) is 10.3. The van der Waals surface area contributed by atoms with E-state index in [1.54, 1.807) is 12.1 Å². The molecule has 2 unspecified atom stereocenters. The predicted molar refractivity (Wildman–Crippen MR) is 126 cm³/mol. The monoisotopic (exact) mass is 510 g/mol. The maximum atomic E-state index is 14.8. The van der Waals surface area contributed by atoms with Gasteiger partial charge in [-0.25, -0.2) is 22.2 Å². The third-order valence-electron chi connectivity index (χ3n) is 5.49. The maximum Gasteiger partial charge on any atom is 0.266 e. The first-order valence-corrected chi connectivity index (χ1v) is 13.1. The number of hydrogen-bond donors (Lipinski definition) is 1. The number of allylic oxidation sites excluding steroid dienone is 1. The van der Waals surface area contributed by atoms with E-state index in [1.807, 2.05) is 6.92 Å². The Bertz CT molecular complexity index is 1260. The number of nitrogens with one attached hydrogen (secondary N) is 1. The predicted octanol–water partition coefficient (Wildman–Crippen LogP) is 6.53. The van der Waals surface area contributed by atoms with Crippen molar-refractivity contribution < 1.29 is 21.9 Å². The number of thiazole rings is 1. The van der Waals surface area contributed by atoms with Gasteiger partial charge in [0.25, 0.3) is 10.0 Å². The zero-order chi connectivity index (χ0) is 23.6. The topological polar surface area (TPSA) is 68.3 Å². The van der Waals surface area contributed by atoms with Crippen molar-refractivity contribution in [2.24, 2.45) is 5.92 Å². The summed E-state index contributed by atoms with van der Waals surface area (Å²) < 4.78 is 61.5. The molecule has 1 heterocycles. The average Bonchev–Trinajstić information content (AvgIpc) is 3.28. The van der Waals surface area contributed by atoms with E-state index in [1.165, 1.54) is 34.4 Å². The van der Waals surface area contributed by atoms with Crippen molar-refractivity contribution in [3.05, 3.63) is 75.6 Å². The molecular weight excluding hydrogens is 490 g/mol. The molecule has 174 valence electrons. The second kappa shape index (κ2) is 9.79. The third-order valence-corrected chi connectivity index (χ3v) is 7.74. The van der Waals surface area contributed by atoms with Gasteiger partial charge in [-0.05, 0) is 55.5 Å². The van der Waals surface area contributed by atoms with Crippen LogP contribution in [0.1, 0.15) is 31.7 Å². The molecule has 3 aromatic rings. The quantitative estimate of drug-likeness (QED) is 0.392. The van der Waals surface area contributed by atoms with Gasteiger partial charge in [-0.1, -0.05) is 29.8 Å². The van der Waals surface area contributed by atoms with Crippen LogP contribution in [0.3, 0.4) is 0 Å². The molecule has 0 fully saturated rings. The van der Waals surface area contributed by atoms with Gasteiger partial charge in [0, 0.05) is 17.4 Å². The van der Waals surface area contributed by atoms with Gasteiger partial charge >= 0.3 is 0 Å². The van der Waals surface area contributed by atoms with Gasteiger partial charge < -0.3 is 4.74 Å². The Morgan fingerprint density at radius 3 is 2.70 bits per heavy atom. The molecule has 0 radical (unpaired) electrons. The lowest BCUT2D eigenvalue weighted by Gasteiger charge is -2.30. The zero-order valence-electron chi connectivity index (χ0n) is 17.6. The smallest absolute Gasteiger partial charge is 0.266 e. The molecule has 0 bridgehead atoms. The number of sulfonamides is 1. The number of halogens is 3. The highest BCUT2D eigenvalue weighted by molar-refractivity contribution is 7.92. The molecule has 0 aliphatic heterocycles. The lowest BCUT2D eigenvalue weighted by atomic mass is 9.80. The molecule has 0 saturated carbocycles. The van der Waals surface area contributed by atoms with Crippen LogP contribution in [0.15, 0.2) is 58.3 Å². The minimum absolute atomic E-state index is 0.0157. The van der Waals surface area contributed by atoms with E-state index in [2.05, 4.69) is 15.8 Å². The summed E-state index contributed by atoms with van der Waals surface area (Å²) in [5.74, 6) is -1.15. The number of benzene rings is 2. The summed E-state index contributed by atoms with van der Waals surface area (Å²) in [5, 5.41) is 1.47. The normalized spacial score (nSPS) is 17.3. The van der Waals surface area contributed by atoms with Crippen LogP contribution in [-0.2, 0) is 10.0 Å². The Balaban J connectivity index is 1.56. The lowest BCUT2D eigenvalue weighted by Crippen LogP contribution is -2.27. The van der Waals surface area contributed by atoms with Gasteiger partial charge in [-0.15, -0.1) is 11.3 Å². The molecule has 2 atom stereocenters. The van der Waals surface area contributed by atoms with Crippen LogP contribution in [0.2, 0.25) is 5.02 Å². The number of nitrogens with zero attached hydrogens (tertiary/aromatic N) is 1. The van der Waals surface area contributed by atoms with Crippen molar-refractivity contribution in [3.63, 3.8) is 0 Å². The summed E-state index contributed by atoms with van der Waals surface area (Å²) in [5.41, 5.74) is 3.40. The molecule has 1 aliphatic carbocycles. The van der Waals surface area contributed by atoms with Crippen molar-refractivity contribution in [2.45, 2.75) is 37.2 Å². The van der Waals surface area contributed by atoms with E-state index in [9.17, 15) is 17.2 Å². The SMILES string of the molecule is CC(Oc1cc(F)c(S(=O)(=O)Nc2cscn2)cc1Cl)C1CCCC=C1c1ccc(F)cc1. The van der Waals surface area contributed by atoms with Crippen LogP contribution in [0.5, 0.6) is 5.75 Å². The molecule has 5 nitrogen and oxygen atoms in total. The van der Waals surface area contributed by atoms with Crippen LogP contribution in [0.25, 0.3) is 5.57 Å². The Morgan fingerprint density at radius 2 is 2.00 bits per heavy atom. The highest BCUT2D eigenvalue weighted by atomic mass is 35.5. The summed E-state index contributed by atoms with van der Waals surface area (Å²) in [6, 6.07) is 8.31. The summed E-state index contributed by atoms with van der Waals surface area (Å²) in [6.45, 7) is 1.86. The van der Waals surface area contributed by atoms with Crippen LogP contribution in [-0.4, -0.2) is 19.5 Å². The summed E-state index contributed by atoms with van der Waals surface area (Å²) in [6.07, 6.45) is 4.45. The van der Waals surface area contributed by atoms with Crippen molar-refractivity contribution in [1.29, 1.82) is 0 Å². The fourth-order valence-corrected chi connectivity index (χ4v) is 5.83. The summed E-state index contributed by atoms with van der Waals surface area (Å²) in [4.78, 5) is 3.25. The molecule has 1 N–H and O–H groups in total. The standard InChI is InChI=1S/C23H21ClF2N2O3S2/c1-14(17-4-2-3-5-18(17)15-6-8-16(25)9-7-15)31-21-11-20(26)22(10-19(21)24)33(29,30)28-23-12-32-13-27-23/h5-14,17,28H,2-4H2,1H3. The number of anilines is 1. The fraction of sp³-hybridized carbons (Fsp3) is 0.261. The van der Waals surface area contributed by atoms with E-state index < -0.39 is 20.7 Å². The number of hydrogen-bond acceptors (Lipinski definition) is 5. The molecule has 1 aliphatic rings. The third kappa shape index (κ3) is 5.37. The molecule has 0 saturated heterocycles. The van der Waals surface area contributed by atoms with E-state index in [-0.39, 0.29) is 34.4 Å². The molecule has 4 rings (SSSR count). The Hall–Kier alpha value is -2.49. The van der Waals surface area contributed by atoms with Crippen LogP contribution in [0.4, 0.5) is 14.6 Å². The Morgan fingerprint density at radius 1 is 1.24 bits per heavy atom. The Kier molecular flexibility index (Phi) is 7.02. The maximum absolute atomic E-state index is 14.8. The highest BCUT2D eigenvalue weighted by Gasteiger charge is 2.28. The minimum Gasteiger partial charge on any atom is -0.488 e. The van der Waals surface area contributed by atoms with E-state index in [0.717, 1.165) is 42.5 Å². The van der Waals surface area contributed by atoms with Crippen LogP contribution < -0.4 is 9.46 Å². The van der Waals surface area contributed by atoms with Gasteiger partial charge in [0.2, 0.25) is 0 Å². The number of ether oxygens (including phenoxy) is 1. The second-order valence-corrected chi connectivity index (χ2v) is 10.5. The van der Waals surface area contributed by atoms with Gasteiger partial charge in [-0.2, -0.15) is 0 Å². The molecule has 1 aromatic heterocycles. The van der Waals surface area contributed by atoms with Gasteiger partial charge in [-0.3, -0.25) is 4.72 Å². The molecule has 0 spiro atoms. The average molecular weight is 511 g/mol. The van der Waals surface area contributed by atoms with E-state index in [0.29, 0.717) is 0 Å². The lowest BCUT2D eigenvalue weighted by molar-refractivity contribution is 0.170. The minimum atomic E-state index is -4.21. The zero-order valence-corrected chi connectivity index (χ0v) is 20.0. The van der Waals surface area contributed by atoms with Crippen molar-refractivity contribution in [1.82, 2.24) is 4.98 Å². The molecule has 10 heteroatoms. The first-order chi connectivity index (χ1) is 15.7. The molecular formula is C23H21ClF2N2O3S2. The van der Waals surface area contributed by atoms with Crippen LogP contribution in [0, 0.1) is 17.6 Å². The van der Waals surface area contributed by atoms with Crippen molar-refractivity contribution in [3.8, 4) is 5.75 Å². The molecule has 2 aromatic carbocycles. The largest absolute Gasteiger partial charge is 0.488 e. The first kappa shape index (κ1) is 23.7. The highest BCUT2D eigenvalue weighted by Crippen LogP contribution is 2.38. The van der Waals surface area contributed by atoms with Gasteiger partial charge in [0.15, 0.2) is 5.82 Å². The van der Waals surface area contributed by atoms with Crippen molar-refractivity contribution >= 4 is 44.4 Å². The Labute approximate surface area is 200 Å². The molecule has 33 heavy (non-hydrogen) atoms. The van der Waals surface area contributed by atoms with Crippen molar-refractivity contribution in [2.75, 3.05) is 4.72 Å².